The molecule has 0 amide bonds. The molecule has 0 saturated carbocycles. The number of benzene rings is 2. The zero-order valence-electron chi connectivity index (χ0n) is 16.1. The van der Waals surface area contributed by atoms with Gasteiger partial charge in [0.25, 0.3) is 10.0 Å². The van der Waals surface area contributed by atoms with Gasteiger partial charge < -0.3 is 0 Å². The van der Waals surface area contributed by atoms with Crippen LogP contribution in [-0.4, -0.2) is 24.1 Å². The van der Waals surface area contributed by atoms with E-state index in [0.29, 0.717) is 17.6 Å². The van der Waals surface area contributed by atoms with Crippen LogP contribution in [0.1, 0.15) is 18.4 Å². The van der Waals surface area contributed by atoms with Crippen molar-refractivity contribution in [2.45, 2.75) is 24.7 Å². The lowest BCUT2D eigenvalue weighted by Crippen LogP contribution is -2.32. The number of unbranched alkanes of at least 4 members (excludes halogenated alkanes) is 1. The van der Waals surface area contributed by atoms with Crippen molar-refractivity contribution in [1.29, 1.82) is 5.26 Å². The fourth-order valence-corrected chi connectivity index (χ4v) is 4.67. The zero-order chi connectivity index (χ0) is 20.5. The van der Waals surface area contributed by atoms with Crippen LogP contribution in [0.3, 0.4) is 0 Å². The SMILES string of the molecule is Cc1ccc(S(=O)(=O)N(CCCC#N)c2ccc3c(c2)n(C)c(=O)n3C)cc1. The third kappa shape index (κ3) is 3.41. The molecule has 0 bridgehead atoms. The van der Waals surface area contributed by atoms with Gasteiger partial charge in [0, 0.05) is 27.1 Å². The molecule has 0 aliphatic carbocycles. The Morgan fingerprint density at radius 1 is 1.04 bits per heavy atom. The van der Waals surface area contributed by atoms with Crippen molar-refractivity contribution in [3.05, 3.63) is 58.5 Å². The van der Waals surface area contributed by atoms with Gasteiger partial charge >= 0.3 is 5.69 Å². The molecule has 0 spiro atoms. The molecule has 0 aliphatic rings. The van der Waals surface area contributed by atoms with Crippen molar-refractivity contribution < 1.29 is 8.42 Å². The van der Waals surface area contributed by atoms with Crippen LogP contribution in [-0.2, 0) is 24.1 Å². The fourth-order valence-electron chi connectivity index (χ4n) is 3.18. The summed E-state index contributed by atoms with van der Waals surface area (Å²) in [4.78, 5) is 12.4. The van der Waals surface area contributed by atoms with Crippen molar-refractivity contribution in [3.63, 3.8) is 0 Å². The van der Waals surface area contributed by atoms with E-state index in [-0.39, 0.29) is 23.6 Å². The van der Waals surface area contributed by atoms with Gasteiger partial charge in [-0.25, -0.2) is 13.2 Å². The summed E-state index contributed by atoms with van der Waals surface area (Å²) in [6.45, 7) is 2.07. The van der Waals surface area contributed by atoms with Gasteiger partial charge in [0.1, 0.15) is 0 Å². The van der Waals surface area contributed by atoms with Gasteiger partial charge in [0.2, 0.25) is 0 Å². The molecule has 2 aromatic carbocycles. The van der Waals surface area contributed by atoms with Crippen LogP contribution in [0.4, 0.5) is 5.69 Å². The van der Waals surface area contributed by atoms with E-state index in [1.54, 1.807) is 56.6 Å². The molecule has 0 fully saturated rings. The van der Waals surface area contributed by atoms with Gasteiger partial charge in [-0.2, -0.15) is 5.26 Å². The molecule has 0 radical (unpaired) electrons. The van der Waals surface area contributed by atoms with E-state index >= 15 is 0 Å². The van der Waals surface area contributed by atoms with Crippen LogP contribution >= 0.6 is 0 Å². The Kier molecular flexibility index (Phi) is 5.29. The van der Waals surface area contributed by atoms with Crippen LogP contribution < -0.4 is 9.99 Å². The lowest BCUT2D eigenvalue weighted by Gasteiger charge is -2.24. The Morgan fingerprint density at radius 3 is 2.32 bits per heavy atom. The number of hydrogen-bond acceptors (Lipinski definition) is 4. The number of sulfonamides is 1. The minimum absolute atomic E-state index is 0.176. The zero-order valence-corrected chi connectivity index (χ0v) is 16.9. The second-order valence-corrected chi connectivity index (χ2v) is 8.59. The number of aryl methyl sites for hydroxylation is 3. The first-order valence-electron chi connectivity index (χ1n) is 8.89. The Labute approximate surface area is 164 Å². The minimum atomic E-state index is -3.81. The second-order valence-electron chi connectivity index (χ2n) is 6.73. The molecule has 0 aliphatic heterocycles. The van der Waals surface area contributed by atoms with Crippen molar-refractivity contribution in [2.75, 3.05) is 10.8 Å². The molecule has 0 unspecified atom stereocenters. The molecule has 0 atom stereocenters. The highest BCUT2D eigenvalue weighted by Crippen LogP contribution is 2.27. The lowest BCUT2D eigenvalue weighted by molar-refractivity contribution is 0.589. The van der Waals surface area contributed by atoms with Gasteiger partial charge in [-0.05, 0) is 43.7 Å². The number of imidazole rings is 1. The van der Waals surface area contributed by atoms with Crippen LogP contribution in [0.2, 0.25) is 0 Å². The number of anilines is 1. The van der Waals surface area contributed by atoms with Gasteiger partial charge in [0.05, 0.1) is 27.7 Å². The number of nitriles is 1. The number of nitrogens with zero attached hydrogens (tertiary/aromatic N) is 4. The highest BCUT2D eigenvalue weighted by atomic mass is 32.2. The summed E-state index contributed by atoms with van der Waals surface area (Å²) < 4.78 is 30.9. The first-order valence-corrected chi connectivity index (χ1v) is 10.3. The van der Waals surface area contributed by atoms with Crippen LogP contribution in [0, 0.1) is 18.3 Å². The van der Waals surface area contributed by atoms with Gasteiger partial charge in [-0.15, -0.1) is 0 Å². The van der Waals surface area contributed by atoms with Crippen LogP contribution in [0.15, 0.2) is 52.2 Å². The van der Waals surface area contributed by atoms with E-state index in [2.05, 4.69) is 6.07 Å². The highest BCUT2D eigenvalue weighted by Gasteiger charge is 2.25. The molecular weight excluding hydrogens is 376 g/mol. The summed E-state index contributed by atoms with van der Waals surface area (Å²) in [7, 11) is -0.472. The predicted molar refractivity (Wildman–Crippen MR) is 109 cm³/mol. The van der Waals surface area contributed by atoms with E-state index in [1.165, 1.54) is 13.4 Å². The standard InChI is InChI=1S/C20H22N4O3S/c1-15-6-9-17(10-7-15)28(26,27)24(13-5-4-12-21)16-8-11-18-19(14-16)23(3)20(25)22(18)2/h6-11,14H,4-5,13H2,1-3H3. The number of rotatable bonds is 6. The van der Waals surface area contributed by atoms with E-state index in [4.69, 9.17) is 5.26 Å². The first-order chi connectivity index (χ1) is 13.3. The molecule has 0 saturated heterocycles. The largest absolute Gasteiger partial charge is 0.328 e. The van der Waals surface area contributed by atoms with E-state index in [0.717, 1.165) is 11.1 Å². The van der Waals surface area contributed by atoms with E-state index < -0.39 is 10.0 Å². The summed E-state index contributed by atoms with van der Waals surface area (Å²) in [6.07, 6.45) is 0.666. The molecule has 146 valence electrons. The summed E-state index contributed by atoms with van der Waals surface area (Å²) >= 11 is 0. The summed E-state index contributed by atoms with van der Waals surface area (Å²) in [5, 5.41) is 8.85. The Morgan fingerprint density at radius 2 is 1.68 bits per heavy atom. The molecule has 1 heterocycles. The third-order valence-electron chi connectivity index (χ3n) is 4.80. The number of aromatic nitrogens is 2. The average molecular weight is 398 g/mol. The topological polar surface area (TPSA) is 88.1 Å². The smallest absolute Gasteiger partial charge is 0.295 e. The normalized spacial score (nSPS) is 11.5. The summed E-state index contributed by atoms with van der Waals surface area (Å²) in [5.74, 6) is 0. The monoisotopic (exact) mass is 398 g/mol. The van der Waals surface area contributed by atoms with Gasteiger partial charge in [-0.1, -0.05) is 17.7 Å². The summed E-state index contributed by atoms with van der Waals surface area (Å²) in [6, 6.07) is 13.9. The Hall–Kier alpha value is -3.05. The molecular formula is C20H22N4O3S. The number of hydrogen-bond donors (Lipinski definition) is 0. The first kappa shape index (κ1) is 19.7. The van der Waals surface area contributed by atoms with Crippen LogP contribution in [0.25, 0.3) is 11.0 Å². The quantitative estimate of drug-likeness (QED) is 0.597. The Balaban J connectivity index is 2.13. The van der Waals surface area contributed by atoms with Crippen LogP contribution in [0.5, 0.6) is 0 Å². The fraction of sp³-hybridized carbons (Fsp3) is 0.300. The maximum atomic E-state index is 13.3. The van der Waals surface area contributed by atoms with Gasteiger partial charge in [-0.3, -0.25) is 13.4 Å². The van der Waals surface area contributed by atoms with Crippen molar-refractivity contribution >= 4 is 26.7 Å². The molecule has 3 aromatic rings. The van der Waals surface area contributed by atoms with Crippen molar-refractivity contribution in [2.24, 2.45) is 14.1 Å². The third-order valence-corrected chi connectivity index (χ3v) is 6.64. The van der Waals surface area contributed by atoms with Crippen molar-refractivity contribution in [3.8, 4) is 6.07 Å². The molecule has 7 nitrogen and oxygen atoms in total. The maximum Gasteiger partial charge on any atom is 0.328 e. The van der Waals surface area contributed by atoms with E-state index in [1.807, 2.05) is 6.92 Å². The highest BCUT2D eigenvalue weighted by molar-refractivity contribution is 7.92. The van der Waals surface area contributed by atoms with E-state index in [9.17, 15) is 13.2 Å². The number of fused-ring (bicyclic) bond motifs is 1. The van der Waals surface area contributed by atoms with Crippen molar-refractivity contribution in [1.82, 2.24) is 9.13 Å². The maximum absolute atomic E-state index is 13.3. The Bertz CT molecular complexity index is 1220. The van der Waals surface area contributed by atoms with Gasteiger partial charge in [0.15, 0.2) is 0 Å². The molecule has 1 aromatic heterocycles. The second kappa shape index (κ2) is 7.52. The molecule has 3 rings (SSSR count). The summed E-state index contributed by atoms with van der Waals surface area (Å²) in [5.41, 5.74) is 2.63. The minimum Gasteiger partial charge on any atom is -0.295 e. The average Bonchev–Trinajstić information content (AvgIpc) is 2.89. The lowest BCUT2D eigenvalue weighted by atomic mass is 10.2. The molecule has 8 heteroatoms. The predicted octanol–water partition coefficient (Wildman–Crippen LogP) is 2.68. The molecule has 28 heavy (non-hydrogen) atoms. The molecule has 0 N–H and O–H groups in total.